The molecule has 1 amide bonds. The van der Waals surface area contributed by atoms with Crippen LogP contribution in [0.25, 0.3) is 0 Å². The van der Waals surface area contributed by atoms with Gasteiger partial charge in [0.2, 0.25) is 0 Å². The molecule has 0 aliphatic carbocycles. The summed E-state index contributed by atoms with van der Waals surface area (Å²) in [4.78, 5) is 22.1. The molecule has 0 bridgehead atoms. The fourth-order valence-electron chi connectivity index (χ4n) is 1.97. The lowest BCUT2D eigenvalue weighted by Gasteiger charge is -2.10. The third kappa shape index (κ3) is 5.24. The van der Waals surface area contributed by atoms with Crippen LogP contribution in [0.15, 0.2) is 30.6 Å². The summed E-state index contributed by atoms with van der Waals surface area (Å²) >= 11 is 0. The fourth-order valence-corrected chi connectivity index (χ4v) is 1.97. The molecule has 6 nitrogen and oxygen atoms in total. The maximum atomic E-state index is 13.6. The molecule has 0 fully saturated rings. The van der Waals surface area contributed by atoms with E-state index >= 15 is 0 Å². The number of benzene rings is 1. The Morgan fingerprint density at radius 2 is 2.00 bits per heavy atom. The van der Waals surface area contributed by atoms with Crippen LogP contribution in [0.4, 0.5) is 20.3 Å². The lowest BCUT2D eigenvalue weighted by Crippen LogP contribution is -2.18. The van der Waals surface area contributed by atoms with Crippen molar-refractivity contribution >= 4 is 17.4 Å². The molecule has 0 atom stereocenters. The fraction of sp³-hybridized carbons (Fsp3) is 0.312. The Kier molecular flexibility index (Phi) is 6.14. The van der Waals surface area contributed by atoms with E-state index < -0.39 is 17.5 Å². The van der Waals surface area contributed by atoms with Gasteiger partial charge in [-0.25, -0.2) is 18.7 Å². The van der Waals surface area contributed by atoms with Gasteiger partial charge in [-0.05, 0) is 39.2 Å². The Morgan fingerprint density at radius 3 is 2.71 bits per heavy atom. The van der Waals surface area contributed by atoms with Crippen molar-refractivity contribution in [3.63, 3.8) is 0 Å². The molecule has 1 heterocycles. The summed E-state index contributed by atoms with van der Waals surface area (Å²) in [5, 5.41) is 5.45. The van der Waals surface area contributed by atoms with Gasteiger partial charge < -0.3 is 15.5 Å². The highest BCUT2D eigenvalue weighted by Gasteiger charge is 2.12. The Bertz CT molecular complexity index is 709. The first-order valence-electron chi connectivity index (χ1n) is 7.43. The minimum absolute atomic E-state index is 0.0869. The van der Waals surface area contributed by atoms with E-state index in [0.29, 0.717) is 18.4 Å². The molecule has 1 aromatic carbocycles. The molecule has 0 radical (unpaired) electrons. The van der Waals surface area contributed by atoms with Crippen LogP contribution in [0, 0.1) is 11.6 Å². The van der Waals surface area contributed by atoms with Crippen LogP contribution in [-0.2, 0) is 0 Å². The molecule has 0 saturated heterocycles. The number of rotatable bonds is 7. The van der Waals surface area contributed by atoms with E-state index in [1.807, 2.05) is 14.1 Å². The van der Waals surface area contributed by atoms with E-state index in [1.54, 1.807) is 0 Å². The van der Waals surface area contributed by atoms with Crippen LogP contribution in [0.1, 0.15) is 16.9 Å². The second kappa shape index (κ2) is 8.30. The van der Waals surface area contributed by atoms with E-state index in [-0.39, 0.29) is 11.4 Å². The van der Waals surface area contributed by atoms with E-state index in [4.69, 9.17) is 0 Å². The second-order valence-electron chi connectivity index (χ2n) is 5.45. The summed E-state index contributed by atoms with van der Waals surface area (Å²) in [5.74, 6) is -1.65. The first-order valence-corrected chi connectivity index (χ1v) is 7.43. The van der Waals surface area contributed by atoms with E-state index in [9.17, 15) is 13.6 Å². The maximum absolute atomic E-state index is 13.6. The van der Waals surface area contributed by atoms with Gasteiger partial charge in [0, 0.05) is 18.7 Å². The lowest BCUT2D eigenvalue weighted by atomic mass is 10.2. The Hall–Kier alpha value is -2.61. The molecular formula is C16H19F2N5O. The number of amides is 1. The molecule has 0 spiro atoms. The van der Waals surface area contributed by atoms with Gasteiger partial charge in [0.1, 0.15) is 29.5 Å². The number of carbonyl (C=O) groups excluding carboxylic acids is 1. The Balaban J connectivity index is 1.98. The number of nitrogens with zero attached hydrogens (tertiary/aromatic N) is 3. The molecule has 0 saturated carbocycles. The highest BCUT2D eigenvalue weighted by atomic mass is 19.1. The quantitative estimate of drug-likeness (QED) is 0.760. The van der Waals surface area contributed by atoms with Crippen molar-refractivity contribution in [3.05, 3.63) is 47.9 Å². The predicted molar refractivity (Wildman–Crippen MR) is 88.0 cm³/mol. The van der Waals surface area contributed by atoms with Gasteiger partial charge in [0.05, 0.1) is 5.69 Å². The average Bonchev–Trinajstić information content (AvgIpc) is 2.54. The van der Waals surface area contributed by atoms with Crippen LogP contribution in [0.5, 0.6) is 0 Å². The predicted octanol–water partition coefficient (Wildman–Crippen LogP) is 2.37. The normalized spacial score (nSPS) is 10.7. The number of halogens is 2. The van der Waals surface area contributed by atoms with Crippen LogP contribution < -0.4 is 10.6 Å². The van der Waals surface area contributed by atoms with Crippen molar-refractivity contribution in [3.8, 4) is 0 Å². The molecule has 2 aromatic rings. The molecule has 0 unspecified atom stereocenters. The highest BCUT2D eigenvalue weighted by Crippen LogP contribution is 2.16. The first-order chi connectivity index (χ1) is 11.5. The zero-order valence-electron chi connectivity index (χ0n) is 13.5. The largest absolute Gasteiger partial charge is 0.370 e. The lowest BCUT2D eigenvalue weighted by molar-refractivity contribution is 0.102. The van der Waals surface area contributed by atoms with Crippen molar-refractivity contribution in [2.24, 2.45) is 0 Å². The first kappa shape index (κ1) is 17.7. The minimum atomic E-state index is -0.848. The Labute approximate surface area is 138 Å². The molecule has 0 aliphatic heterocycles. The third-order valence-electron chi connectivity index (χ3n) is 3.17. The average molecular weight is 335 g/mol. The number of nitrogens with one attached hydrogen (secondary N) is 2. The molecule has 2 N–H and O–H groups in total. The van der Waals surface area contributed by atoms with E-state index in [1.165, 1.54) is 12.4 Å². The standard InChI is InChI=1S/C16H19F2N5O/c1-23(2)7-3-6-19-15-9-14(20-10-21-15)16(24)22-13-5-4-11(17)8-12(13)18/h4-5,8-10H,3,6-7H2,1-2H3,(H,22,24)(H,19,20,21). The van der Waals surface area contributed by atoms with Gasteiger partial charge >= 0.3 is 0 Å². The number of anilines is 2. The van der Waals surface area contributed by atoms with Gasteiger partial charge in [-0.3, -0.25) is 4.79 Å². The van der Waals surface area contributed by atoms with Crippen molar-refractivity contribution in [1.29, 1.82) is 0 Å². The van der Waals surface area contributed by atoms with Gasteiger partial charge in [-0.2, -0.15) is 0 Å². The van der Waals surface area contributed by atoms with Crippen molar-refractivity contribution in [1.82, 2.24) is 14.9 Å². The maximum Gasteiger partial charge on any atom is 0.274 e. The van der Waals surface area contributed by atoms with Crippen LogP contribution in [-0.4, -0.2) is 48.0 Å². The summed E-state index contributed by atoms with van der Waals surface area (Å²) in [6.07, 6.45) is 2.17. The van der Waals surface area contributed by atoms with Crippen molar-refractivity contribution < 1.29 is 13.6 Å². The third-order valence-corrected chi connectivity index (χ3v) is 3.17. The number of carbonyl (C=O) groups is 1. The summed E-state index contributed by atoms with van der Waals surface area (Å²) in [6, 6.07) is 4.40. The zero-order valence-corrected chi connectivity index (χ0v) is 13.5. The molecule has 0 aliphatic rings. The number of aromatic nitrogens is 2. The Morgan fingerprint density at radius 1 is 1.21 bits per heavy atom. The molecule has 24 heavy (non-hydrogen) atoms. The molecule has 128 valence electrons. The summed E-state index contributed by atoms with van der Waals surface area (Å²) in [7, 11) is 3.98. The zero-order chi connectivity index (χ0) is 17.5. The van der Waals surface area contributed by atoms with Gasteiger partial charge in [-0.15, -0.1) is 0 Å². The SMILES string of the molecule is CN(C)CCCNc1cc(C(=O)Nc2ccc(F)cc2F)ncn1. The van der Waals surface area contributed by atoms with Crippen LogP contribution in [0.2, 0.25) is 0 Å². The van der Waals surface area contributed by atoms with Crippen molar-refractivity contribution in [2.75, 3.05) is 37.8 Å². The second-order valence-corrected chi connectivity index (χ2v) is 5.45. The molecule has 8 heteroatoms. The van der Waals surface area contributed by atoms with Crippen LogP contribution in [0.3, 0.4) is 0 Å². The smallest absolute Gasteiger partial charge is 0.274 e. The van der Waals surface area contributed by atoms with Gasteiger partial charge in [-0.1, -0.05) is 0 Å². The highest BCUT2D eigenvalue weighted by molar-refractivity contribution is 6.03. The number of hydrogen-bond donors (Lipinski definition) is 2. The van der Waals surface area contributed by atoms with Crippen LogP contribution >= 0.6 is 0 Å². The minimum Gasteiger partial charge on any atom is -0.370 e. The molecule has 1 aromatic heterocycles. The molecular weight excluding hydrogens is 316 g/mol. The monoisotopic (exact) mass is 335 g/mol. The van der Waals surface area contributed by atoms with Gasteiger partial charge in [0.25, 0.3) is 5.91 Å². The summed E-state index contributed by atoms with van der Waals surface area (Å²) in [6.45, 7) is 1.62. The topological polar surface area (TPSA) is 70.2 Å². The summed E-state index contributed by atoms with van der Waals surface area (Å²) < 4.78 is 26.4. The van der Waals surface area contributed by atoms with E-state index in [2.05, 4.69) is 25.5 Å². The molecule has 2 rings (SSSR count). The van der Waals surface area contributed by atoms with E-state index in [0.717, 1.165) is 25.1 Å². The van der Waals surface area contributed by atoms with Crippen molar-refractivity contribution in [2.45, 2.75) is 6.42 Å². The van der Waals surface area contributed by atoms with Gasteiger partial charge in [0.15, 0.2) is 0 Å². The number of hydrogen-bond acceptors (Lipinski definition) is 5. The summed E-state index contributed by atoms with van der Waals surface area (Å²) in [5.41, 5.74) is -0.0238.